The van der Waals surface area contributed by atoms with Gasteiger partial charge in [0, 0.05) is 25.7 Å². The van der Waals surface area contributed by atoms with E-state index >= 15 is 0 Å². The summed E-state index contributed by atoms with van der Waals surface area (Å²) in [4.78, 5) is 26.8. The van der Waals surface area contributed by atoms with Gasteiger partial charge in [0.25, 0.3) is 5.91 Å². The molecule has 2 amide bonds. The molecule has 0 aliphatic carbocycles. The van der Waals surface area contributed by atoms with Gasteiger partial charge in [-0.05, 0) is 44.0 Å². The predicted molar refractivity (Wildman–Crippen MR) is 101 cm³/mol. The van der Waals surface area contributed by atoms with Crippen molar-refractivity contribution >= 4 is 17.6 Å². The molecule has 0 bridgehead atoms. The minimum absolute atomic E-state index is 0.270. The Hall–Kier alpha value is -3.03. The number of rotatable bonds is 6. The van der Waals surface area contributed by atoms with E-state index in [0.717, 1.165) is 25.9 Å². The number of carbonyl (C=O) groups excluding carboxylic acids is 2. The van der Waals surface area contributed by atoms with E-state index < -0.39 is 6.04 Å². The van der Waals surface area contributed by atoms with Crippen LogP contribution < -0.4 is 20.3 Å². The molecule has 1 aromatic carbocycles. The molecule has 3 rings (SSSR count). The molecule has 1 aromatic heterocycles. The first-order valence-corrected chi connectivity index (χ1v) is 8.96. The highest BCUT2D eigenvalue weighted by atomic mass is 16.5. The van der Waals surface area contributed by atoms with E-state index in [1.54, 1.807) is 26.2 Å². The zero-order valence-electron chi connectivity index (χ0n) is 15.7. The molecule has 2 N–H and O–H groups in total. The smallest absolute Gasteiger partial charge is 0.259 e. The van der Waals surface area contributed by atoms with Crippen LogP contribution in [0.5, 0.6) is 5.75 Å². The van der Waals surface area contributed by atoms with Crippen molar-refractivity contribution in [1.29, 1.82) is 0 Å². The number of amides is 2. The third-order valence-corrected chi connectivity index (χ3v) is 4.65. The molecule has 144 valence electrons. The van der Waals surface area contributed by atoms with Crippen LogP contribution in [-0.2, 0) is 4.79 Å². The molecular formula is C19H24N4O4. The molecule has 1 aliphatic rings. The monoisotopic (exact) mass is 372 g/mol. The fourth-order valence-corrected chi connectivity index (χ4v) is 3.12. The SMILES string of the molecule is CNC(=O)C(C)NC(=O)c1c(N2CCCC2)noc1-c1ccc(OC)cc1. The van der Waals surface area contributed by atoms with Gasteiger partial charge < -0.3 is 24.8 Å². The van der Waals surface area contributed by atoms with Gasteiger partial charge in [-0.3, -0.25) is 9.59 Å². The lowest BCUT2D eigenvalue weighted by atomic mass is 10.1. The molecule has 1 unspecified atom stereocenters. The lowest BCUT2D eigenvalue weighted by molar-refractivity contribution is -0.122. The van der Waals surface area contributed by atoms with Crippen molar-refractivity contribution in [3.8, 4) is 17.1 Å². The summed E-state index contributed by atoms with van der Waals surface area (Å²) in [5.74, 6) is 0.937. The third kappa shape index (κ3) is 3.89. The number of hydrogen-bond acceptors (Lipinski definition) is 6. The summed E-state index contributed by atoms with van der Waals surface area (Å²) in [6.45, 7) is 3.27. The van der Waals surface area contributed by atoms with Crippen molar-refractivity contribution in [2.75, 3.05) is 32.1 Å². The Labute approximate surface area is 157 Å². The summed E-state index contributed by atoms with van der Waals surface area (Å²) in [6.07, 6.45) is 2.08. The van der Waals surface area contributed by atoms with Crippen LogP contribution in [0.25, 0.3) is 11.3 Å². The summed E-state index contributed by atoms with van der Waals surface area (Å²) in [6, 6.07) is 6.54. The zero-order valence-corrected chi connectivity index (χ0v) is 15.7. The van der Waals surface area contributed by atoms with Crippen LogP contribution in [0.15, 0.2) is 28.8 Å². The van der Waals surface area contributed by atoms with Crippen molar-refractivity contribution in [3.05, 3.63) is 29.8 Å². The standard InChI is InChI=1S/C19H24N4O4/c1-12(18(24)20-2)21-19(25)15-16(13-6-8-14(26-3)9-7-13)27-22-17(15)23-10-4-5-11-23/h6-9,12H,4-5,10-11H2,1-3H3,(H,20,24)(H,21,25). The third-order valence-electron chi connectivity index (χ3n) is 4.65. The molecule has 1 fully saturated rings. The van der Waals surface area contributed by atoms with Gasteiger partial charge in [-0.2, -0.15) is 0 Å². The average molecular weight is 372 g/mol. The van der Waals surface area contributed by atoms with Crippen LogP contribution in [0.1, 0.15) is 30.1 Å². The lowest BCUT2D eigenvalue weighted by Gasteiger charge is -2.17. The minimum atomic E-state index is -0.674. The highest BCUT2D eigenvalue weighted by Gasteiger charge is 2.30. The van der Waals surface area contributed by atoms with Gasteiger partial charge in [0.15, 0.2) is 11.6 Å². The van der Waals surface area contributed by atoms with Crippen molar-refractivity contribution in [2.24, 2.45) is 0 Å². The second-order valence-electron chi connectivity index (χ2n) is 6.44. The highest BCUT2D eigenvalue weighted by Crippen LogP contribution is 2.33. The number of hydrogen-bond donors (Lipinski definition) is 2. The number of likely N-dealkylation sites (N-methyl/N-ethyl adjacent to an activating group) is 1. The number of nitrogens with zero attached hydrogens (tertiary/aromatic N) is 2. The number of carbonyl (C=O) groups is 2. The Morgan fingerprint density at radius 1 is 1.22 bits per heavy atom. The van der Waals surface area contributed by atoms with E-state index in [0.29, 0.717) is 28.5 Å². The average Bonchev–Trinajstić information content (AvgIpc) is 3.36. The molecule has 0 spiro atoms. The lowest BCUT2D eigenvalue weighted by Crippen LogP contribution is -2.44. The maximum Gasteiger partial charge on any atom is 0.259 e. The van der Waals surface area contributed by atoms with Gasteiger partial charge in [0.2, 0.25) is 5.91 Å². The fourth-order valence-electron chi connectivity index (χ4n) is 3.12. The highest BCUT2D eigenvalue weighted by molar-refractivity contribution is 6.05. The second kappa shape index (κ2) is 8.11. The van der Waals surface area contributed by atoms with Crippen molar-refractivity contribution in [1.82, 2.24) is 15.8 Å². The number of nitrogens with one attached hydrogen (secondary N) is 2. The Morgan fingerprint density at radius 2 is 1.89 bits per heavy atom. The Kier molecular flexibility index (Phi) is 5.63. The molecule has 2 heterocycles. The fraction of sp³-hybridized carbons (Fsp3) is 0.421. The molecule has 0 saturated carbocycles. The summed E-state index contributed by atoms with van der Waals surface area (Å²) in [5.41, 5.74) is 1.06. The largest absolute Gasteiger partial charge is 0.497 e. The van der Waals surface area contributed by atoms with Gasteiger partial charge in [-0.1, -0.05) is 5.16 Å². The number of benzene rings is 1. The van der Waals surface area contributed by atoms with Gasteiger partial charge in [-0.15, -0.1) is 0 Å². The van der Waals surface area contributed by atoms with Crippen molar-refractivity contribution in [3.63, 3.8) is 0 Å². The maximum absolute atomic E-state index is 13.0. The minimum Gasteiger partial charge on any atom is -0.497 e. The van der Waals surface area contributed by atoms with E-state index in [9.17, 15) is 9.59 Å². The zero-order chi connectivity index (χ0) is 19.4. The van der Waals surface area contributed by atoms with Crippen LogP contribution in [0, 0.1) is 0 Å². The summed E-state index contributed by atoms with van der Waals surface area (Å²) in [5, 5.41) is 9.42. The quantitative estimate of drug-likeness (QED) is 0.803. The van der Waals surface area contributed by atoms with Crippen molar-refractivity contribution in [2.45, 2.75) is 25.8 Å². The van der Waals surface area contributed by atoms with Crippen LogP contribution in [0.3, 0.4) is 0 Å². The van der Waals surface area contributed by atoms with E-state index in [1.165, 1.54) is 7.05 Å². The molecule has 0 radical (unpaired) electrons. The first-order valence-electron chi connectivity index (χ1n) is 8.96. The Balaban J connectivity index is 1.97. The molecule has 1 aliphatic heterocycles. The van der Waals surface area contributed by atoms with Crippen molar-refractivity contribution < 1.29 is 18.8 Å². The molecular weight excluding hydrogens is 348 g/mol. The van der Waals surface area contributed by atoms with Crippen LogP contribution in [-0.4, -0.2) is 50.3 Å². The van der Waals surface area contributed by atoms with Gasteiger partial charge in [0.05, 0.1) is 7.11 Å². The Morgan fingerprint density at radius 3 is 2.48 bits per heavy atom. The van der Waals surface area contributed by atoms with E-state index in [-0.39, 0.29) is 11.8 Å². The van der Waals surface area contributed by atoms with Crippen LogP contribution in [0.2, 0.25) is 0 Å². The number of aromatic nitrogens is 1. The number of methoxy groups -OCH3 is 1. The topological polar surface area (TPSA) is 96.7 Å². The van der Waals surface area contributed by atoms with E-state index in [4.69, 9.17) is 9.26 Å². The van der Waals surface area contributed by atoms with E-state index in [2.05, 4.69) is 15.8 Å². The maximum atomic E-state index is 13.0. The predicted octanol–water partition coefficient (Wildman–Crippen LogP) is 1.81. The molecule has 2 aromatic rings. The van der Waals surface area contributed by atoms with Gasteiger partial charge in [0.1, 0.15) is 17.4 Å². The summed E-state index contributed by atoms with van der Waals surface area (Å²) in [7, 11) is 3.12. The van der Waals surface area contributed by atoms with Crippen LogP contribution >= 0.6 is 0 Å². The molecule has 8 nitrogen and oxygen atoms in total. The second-order valence-corrected chi connectivity index (χ2v) is 6.44. The van der Waals surface area contributed by atoms with E-state index in [1.807, 2.05) is 17.0 Å². The number of anilines is 1. The van der Waals surface area contributed by atoms with Gasteiger partial charge in [-0.25, -0.2) is 0 Å². The Bertz CT molecular complexity index is 810. The molecule has 8 heteroatoms. The van der Waals surface area contributed by atoms with Gasteiger partial charge >= 0.3 is 0 Å². The summed E-state index contributed by atoms with van der Waals surface area (Å²) < 4.78 is 10.7. The first kappa shape index (κ1) is 18.8. The van der Waals surface area contributed by atoms with Crippen LogP contribution in [0.4, 0.5) is 5.82 Å². The summed E-state index contributed by atoms with van der Waals surface area (Å²) >= 11 is 0. The first-order chi connectivity index (χ1) is 13.0. The normalized spacial score (nSPS) is 14.7. The molecule has 1 atom stereocenters. The molecule has 1 saturated heterocycles. The molecule has 27 heavy (non-hydrogen) atoms. The number of ether oxygens (including phenoxy) is 1.